The van der Waals surface area contributed by atoms with Crippen LogP contribution in [-0.4, -0.2) is 20.2 Å². The second-order valence-electron chi connectivity index (χ2n) is 2.43. The average Bonchev–Trinajstić information content (AvgIpc) is 2.27. The Morgan fingerprint density at radius 1 is 1.36 bits per heavy atom. The summed E-state index contributed by atoms with van der Waals surface area (Å²) in [6.07, 6.45) is 0. The molecular formula is C9H9FO4. The van der Waals surface area contributed by atoms with Crippen LogP contribution in [0.4, 0.5) is 4.53 Å². The maximum Gasteiger partial charge on any atom is 0.341 e. The van der Waals surface area contributed by atoms with Crippen molar-refractivity contribution in [1.82, 2.24) is 0 Å². The van der Waals surface area contributed by atoms with E-state index in [1.165, 1.54) is 32.4 Å². The minimum absolute atomic E-state index is 0.0100. The van der Waals surface area contributed by atoms with E-state index >= 15 is 0 Å². The van der Waals surface area contributed by atoms with Gasteiger partial charge >= 0.3 is 5.97 Å². The van der Waals surface area contributed by atoms with Gasteiger partial charge < -0.3 is 9.47 Å². The van der Waals surface area contributed by atoms with Gasteiger partial charge in [0, 0.05) is 10.6 Å². The monoisotopic (exact) mass is 200 g/mol. The number of halogens is 1. The summed E-state index contributed by atoms with van der Waals surface area (Å²) in [5.74, 6) is -0.498. The quantitative estimate of drug-likeness (QED) is 0.697. The Bertz CT molecular complexity index is 338. The number of ether oxygens (including phenoxy) is 2. The van der Waals surface area contributed by atoms with Crippen LogP contribution in [0.25, 0.3) is 0 Å². The van der Waals surface area contributed by atoms with Crippen molar-refractivity contribution in [2.24, 2.45) is 0 Å². The molecule has 0 bridgehead atoms. The van der Waals surface area contributed by atoms with Crippen LogP contribution >= 0.6 is 0 Å². The molecule has 0 unspecified atom stereocenters. The van der Waals surface area contributed by atoms with Crippen LogP contribution in [0.3, 0.4) is 0 Å². The van der Waals surface area contributed by atoms with E-state index in [0.717, 1.165) is 0 Å². The number of hydrogen-bond donors (Lipinski definition) is 0. The highest BCUT2D eigenvalue weighted by Crippen LogP contribution is 2.25. The molecule has 0 amide bonds. The normalized spacial score (nSPS) is 9.36. The lowest BCUT2D eigenvalue weighted by molar-refractivity contribution is -0.00831. The molecule has 0 aliphatic rings. The van der Waals surface area contributed by atoms with E-state index in [1.54, 1.807) is 0 Å². The van der Waals surface area contributed by atoms with E-state index < -0.39 is 5.97 Å². The first-order valence-corrected chi connectivity index (χ1v) is 3.78. The minimum atomic E-state index is -0.666. The molecule has 0 spiro atoms. The minimum Gasteiger partial charge on any atom is -0.497 e. The second kappa shape index (κ2) is 4.45. The third kappa shape index (κ3) is 1.93. The van der Waals surface area contributed by atoms with Crippen LogP contribution in [-0.2, 0) is 4.74 Å². The van der Waals surface area contributed by atoms with Gasteiger partial charge in [-0.05, 0) is 12.1 Å². The highest BCUT2D eigenvalue weighted by molar-refractivity contribution is 5.92. The molecule has 0 atom stereocenters. The fourth-order valence-electron chi connectivity index (χ4n) is 0.972. The number of methoxy groups -OCH3 is 2. The van der Waals surface area contributed by atoms with Crippen molar-refractivity contribution in [2.45, 2.75) is 0 Å². The maximum absolute atomic E-state index is 12.0. The van der Waals surface area contributed by atoms with E-state index in [9.17, 15) is 9.32 Å². The molecule has 0 radical (unpaired) electrons. The fraction of sp³-hybridized carbons (Fsp3) is 0.222. The molecule has 0 aliphatic carbocycles. The number of carbonyl (C=O) groups excluding carboxylic acids is 1. The third-order valence-corrected chi connectivity index (χ3v) is 1.68. The van der Waals surface area contributed by atoms with Gasteiger partial charge in [0.2, 0.25) is 0 Å². The number of hydrogen-bond acceptors (Lipinski definition) is 4. The van der Waals surface area contributed by atoms with Crippen LogP contribution in [0.1, 0.15) is 10.4 Å². The van der Waals surface area contributed by atoms with Gasteiger partial charge in [-0.2, -0.15) is 0 Å². The topological polar surface area (TPSA) is 44.8 Å². The van der Waals surface area contributed by atoms with Gasteiger partial charge in [-0.1, -0.05) is 0 Å². The zero-order chi connectivity index (χ0) is 10.6. The molecule has 0 fully saturated rings. The van der Waals surface area contributed by atoms with Gasteiger partial charge in [-0.25, -0.2) is 4.79 Å². The summed E-state index contributed by atoms with van der Waals surface area (Å²) < 4.78 is 21.3. The number of carbonyl (C=O) groups is 1. The molecule has 4 nitrogen and oxygen atoms in total. The first-order valence-electron chi connectivity index (χ1n) is 3.78. The lowest BCUT2D eigenvalue weighted by Gasteiger charge is -2.05. The van der Waals surface area contributed by atoms with Crippen LogP contribution in [0.15, 0.2) is 18.2 Å². The van der Waals surface area contributed by atoms with Gasteiger partial charge in [-0.15, -0.1) is 0 Å². The highest BCUT2D eigenvalue weighted by Gasteiger charge is 2.14. The molecule has 76 valence electrons. The fourth-order valence-corrected chi connectivity index (χ4v) is 0.972. The molecule has 1 aromatic carbocycles. The van der Waals surface area contributed by atoms with Gasteiger partial charge in [0.1, 0.15) is 11.3 Å². The first-order chi connectivity index (χ1) is 6.72. The van der Waals surface area contributed by atoms with Crippen LogP contribution < -0.4 is 9.68 Å². The van der Waals surface area contributed by atoms with Crippen molar-refractivity contribution in [3.8, 4) is 11.5 Å². The summed E-state index contributed by atoms with van der Waals surface area (Å²) in [5.41, 5.74) is 0.0100. The smallest absolute Gasteiger partial charge is 0.341 e. The van der Waals surface area contributed by atoms with E-state index in [4.69, 9.17) is 4.74 Å². The van der Waals surface area contributed by atoms with Gasteiger partial charge in [0.05, 0.1) is 14.2 Å². The lowest BCUT2D eigenvalue weighted by Crippen LogP contribution is -2.03. The van der Waals surface area contributed by atoms with Crippen LogP contribution in [0.2, 0.25) is 0 Å². The summed E-state index contributed by atoms with van der Waals surface area (Å²) in [4.78, 5) is 14.6. The Morgan fingerprint density at radius 3 is 2.57 bits per heavy atom. The molecule has 5 heteroatoms. The Morgan fingerprint density at radius 2 is 2.07 bits per heavy atom. The van der Waals surface area contributed by atoms with Crippen molar-refractivity contribution in [3.63, 3.8) is 0 Å². The van der Waals surface area contributed by atoms with Crippen molar-refractivity contribution in [1.29, 1.82) is 0 Å². The Balaban J connectivity index is 3.11. The third-order valence-electron chi connectivity index (χ3n) is 1.68. The summed E-state index contributed by atoms with van der Waals surface area (Å²) in [6.45, 7) is 0. The summed E-state index contributed by atoms with van der Waals surface area (Å²) in [7, 11) is 2.63. The van der Waals surface area contributed by atoms with E-state index in [-0.39, 0.29) is 11.3 Å². The van der Waals surface area contributed by atoms with Crippen molar-refractivity contribution in [3.05, 3.63) is 23.8 Å². The number of rotatable bonds is 3. The SMILES string of the molecule is COC(=O)c1ccc(OC)cc1OF. The van der Waals surface area contributed by atoms with E-state index in [2.05, 4.69) is 9.68 Å². The van der Waals surface area contributed by atoms with Gasteiger partial charge in [-0.3, -0.25) is 4.94 Å². The zero-order valence-corrected chi connectivity index (χ0v) is 7.74. The Hall–Kier alpha value is -1.78. The highest BCUT2D eigenvalue weighted by atomic mass is 19.3. The van der Waals surface area contributed by atoms with Crippen LogP contribution in [0.5, 0.6) is 11.5 Å². The molecular weight excluding hydrogens is 191 g/mol. The number of esters is 1. The molecule has 1 rings (SSSR count). The molecule has 0 aliphatic heterocycles. The van der Waals surface area contributed by atoms with Crippen molar-refractivity contribution >= 4 is 5.97 Å². The van der Waals surface area contributed by atoms with Gasteiger partial charge in [0.25, 0.3) is 0 Å². The second-order valence-corrected chi connectivity index (χ2v) is 2.43. The predicted octanol–water partition coefficient (Wildman–Crippen LogP) is 1.75. The lowest BCUT2D eigenvalue weighted by atomic mass is 10.2. The Labute approximate surface area is 80.1 Å². The summed E-state index contributed by atoms with van der Waals surface area (Å²) >= 11 is 0. The van der Waals surface area contributed by atoms with Gasteiger partial charge in [0.15, 0.2) is 5.75 Å². The van der Waals surface area contributed by atoms with Crippen LogP contribution in [0, 0.1) is 0 Å². The molecule has 0 N–H and O–H groups in total. The van der Waals surface area contributed by atoms with E-state index in [1.807, 2.05) is 0 Å². The largest absolute Gasteiger partial charge is 0.497 e. The number of benzene rings is 1. The van der Waals surface area contributed by atoms with Crippen molar-refractivity contribution in [2.75, 3.05) is 14.2 Å². The average molecular weight is 200 g/mol. The molecule has 1 aromatic rings. The van der Waals surface area contributed by atoms with E-state index in [0.29, 0.717) is 5.75 Å². The summed E-state index contributed by atoms with van der Waals surface area (Å²) in [6, 6.07) is 4.13. The molecule has 0 saturated carbocycles. The first kappa shape index (κ1) is 10.3. The molecule has 0 heterocycles. The molecule has 0 aromatic heterocycles. The van der Waals surface area contributed by atoms with Crippen molar-refractivity contribution < 1.29 is 23.7 Å². The Kier molecular flexibility index (Phi) is 3.28. The molecule has 14 heavy (non-hydrogen) atoms. The molecule has 0 saturated heterocycles. The predicted molar refractivity (Wildman–Crippen MR) is 46.1 cm³/mol. The summed E-state index contributed by atoms with van der Waals surface area (Å²) in [5, 5.41) is 0. The maximum atomic E-state index is 12.0. The standard InChI is InChI=1S/C9H9FO4/c1-12-6-3-4-7(9(11)13-2)8(5-6)14-10/h3-5H,1-2H3. The zero-order valence-electron chi connectivity index (χ0n) is 7.74.